The fourth-order valence-corrected chi connectivity index (χ4v) is 2.85. The summed E-state index contributed by atoms with van der Waals surface area (Å²) in [6, 6.07) is 9.17. The van der Waals surface area contributed by atoms with Gasteiger partial charge in [0, 0.05) is 31.2 Å². The van der Waals surface area contributed by atoms with E-state index in [1.807, 2.05) is 0 Å². The molecule has 1 unspecified atom stereocenters. The molecule has 0 spiro atoms. The van der Waals surface area contributed by atoms with Gasteiger partial charge in [0.25, 0.3) is 0 Å². The molecule has 0 bridgehead atoms. The molecule has 1 aliphatic heterocycles. The van der Waals surface area contributed by atoms with Gasteiger partial charge >= 0.3 is 0 Å². The molecule has 2 aliphatic rings. The van der Waals surface area contributed by atoms with Crippen molar-refractivity contribution < 1.29 is 4.74 Å². The third-order valence-electron chi connectivity index (χ3n) is 4.30. The summed E-state index contributed by atoms with van der Waals surface area (Å²) >= 11 is 0. The predicted octanol–water partition coefficient (Wildman–Crippen LogP) is 2.66. The molecule has 1 atom stereocenters. The summed E-state index contributed by atoms with van der Waals surface area (Å²) in [4.78, 5) is 2.51. The van der Waals surface area contributed by atoms with E-state index in [1.165, 1.54) is 37.9 Å². The van der Waals surface area contributed by atoms with Crippen molar-refractivity contribution in [3.63, 3.8) is 0 Å². The molecular formula is C17H26N2O. The molecule has 1 aliphatic carbocycles. The quantitative estimate of drug-likeness (QED) is 0.827. The van der Waals surface area contributed by atoms with Crippen molar-refractivity contribution in [3.8, 4) is 5.75 Å². The number of para-hydroxylation sites is 1. The van der Waals surface area contributed by atoms with Crippen LogP contribution in [0.25, 0.3) is 0 Å². The third-order valence-corrected chi connectivity index (χ3v) is 4.30. The van der Waals surface area contributed by atoms with E-state index >= 15 is 0 Å². The lowest BCUT2D eigenvalue weighted by molar-refractivity contribution is 0.232. The largest absolute Gasteiger partial charge is 0.492 e. The van der Waals surface area contributed by atoms with Gasteiger partial charge in [0.15, 0.2) is 0 Å². The molecular weight excluding hydrogens is 248 g/mol. The van der Waals surface area contributed by atoms with Crippen LogP contribution >= 0.6 is 0 Å². The van der Waals surface area contributed by atoms with E-state index in [0.29, 0.717) is 0 Å². The predicted molar refractivity (Wildman–Crippen MR) is 82.0 cm³/mol. The van der Waals surface area contributed by atoms with Crippen molar-refractivity contribution in [1.82, 2.24) is 10.2 Å². The zero-order valence-corrected chi connectivity index (χ0v) is 12.5. The van der Waals surface area contributed by atoms with E-state index < -0.39 is 0 Å². The van der Waals surface area contributed by atoms with Crippen LogP contribution in [-0.4, -0.2) is 37.2 Å². The first kappa shape index (κ1) is 13.9. The Morgan fingerprint density at radius 1 is 1.25 bits per heavy atom. The maximum Gasteiger partial charge on any atom is 0.123 e. The molecule has 1 N–H and O–H groups in total. The molecule has 1 saturated carbocycles. The Balaban J connectivity index is 1.46. The van der Waals surface area contributed by atoms with E-state index in [4.69, 9.17) is 4.74 Å². The number of rotatable bonds is 7. The smallest absolute Gasteiger partial charge is 0.123 e. The highest BCUT2D eigenvalue weighted by Crippen LogP contribution is 2.22. The van der Waals surface area contributed by atoms with Crippen LogP contribution in [0.15, 0.2) is 24.3 Å². The van der Waals surface area contributed by atoms with E-state index in [9.17, 15) is 0 Å². The molecule has 1 saturated heterocycles. The SMILES string of the molecule is CC1CCN(CCOc2ccccc2CNC2CC2)C1. The van der Waals surface area contributed by atoms with Crippen LogP contribution in [0.3, 0.4) is 0 Å². The van der Waals surface area contributed by atoms with Crippen LogP contribution in [0.5, 0.6) is 5.75 Å². The normalized spacial score (nSPS) is 23.1. The van der Waals surface area contributed by atoms with Crippen LogP contribution in [0.4, 0.5) is 0 Å². The summed E-state index contributed by atoms with van der Waals surface area (Å²) in [5.74, 6) is 1.90. The Labute approximate surface area is 122 Å². The Morgan fingerprint density at radius 3 is 2.85 bits per heavy atom. The molecule has 0 radical (unpaired) electrons. The first-order valence-corrected chi connectivity index (χ1v) is 7.97. The van der Waals surface area contributed by atoms with Gasteiger partial charge < -0.3 is 10.1 Å². The van der Waals surface area contributed by atoms with Crippen LogP contribution < -0.4 is 10.1 Å². The minimum Gasteiger partial charge on any atom is -0.492 e. The molecule has 3 nitrogen and oxygen atoms in total. The van der Waals surface area contributed by atoms with Crippen molar-refractivity contribution in [2.75, 3.05) is 26.2 Å². The minimum absolute atomic E-state index is 0.745. The Bertz CT molecular complexity index is 431. The highest BCUT2D eigenvalue weighted by atomic mass is 16.5. The average molecular weight is 274 g/mol. The van der Waals surface area contributed by atoms with Gasteiger partial charge in [0.05, 0.1) is 0 Å². The lowest BCUT2D eigenvalue weighted by Crippen LogP contribution is -2.26. The summed E-state index contributed by atoms with van der Waals surface area (Å²) in [6.45, 7) is 7.58. The lowest BCUT2D eigenvalue weighted by atomic mass is 10.2. The van der Waals surface area contributed by atoms with E-state index in [1.54, 1.807) is 0 Å². The number of hydrogen-bond donors (Lipinski definition) is 1. The molecule has 2 fully saturated rings. The van der Waals surface area contributed by atoms with Gasteiger partial charge in [-0.15, -0.1) is 0 Å². The second kappa shape index (κ2) is 6.59. The van der Waals surface area contributed by atoms with Gasteiger partial charge in [0.1, 0.15) is 12.4 Å². The summed E-state index contributed by atoms with van der Waals surface area (Å²) < 4.78 is 6.01. The van der Waals surface area contributed by atoms with Crippen LogP contribution in [0.1, 0.15) is 31.7 Å². The van der Waals surface area contributed by atoms with Crippen LogP contribution in [0, 0.1) is 5.92 Å². The minimum atomic E-state index is 0.745. The molecule has 110 valence electrons. The second-order valence-corrected chi connectivity index (χ2v) is 6.31. The van der Waals surface area contributed by atoms with Crippen molar-refractivity contribution >= 4 is 0 Å². The maximum absolute atomic E-state index is 6.01. The van der Waals surface area contributed by atoms with E-state index in [-0.39, 0.29) is 0 Å². The van der Waals surface area contributed by atoms with Gasteiger partial charge in [-0.3, -0.25) is 4.90 Å². The van der Waals surface area contributed by atoms with Gasteiger partial charge in [-0.1, -0.05) is 25.1 Å². The number of likely N-dealkylation sites (tertiary alicyclic amines) is 1. The second-order valence-electron chi connectivity index (χ2n) is 6.31. The van der Waals surface area contributed by atoms with Gasteiger partial charge in [-0.2, -0.15) is 0 Å². The fourth-order valence-electron chi connectivity index (χ4n) is 2.85. The molecule has 0 aromatic heterocycles. The van der Waals surface area contributed by atoms with Crippen LogP contribution in [0.2, 0.25) is 0 Å². The number of nitrogens with zero attached hydrogens (tertiary/aromatic N) is 1. The van der Waals surface area contributed by atoms with E-state index in [2.05, 4.69) is 41.4 Å². The Kier molecular flexibility index (Phi) is 4.58. The van der Waals surface area contributed by atoms with Crippen molar-refractivity contribution in [3.05, 3.63) is 29.8 Å². The number of hydrogen-bond acceptors (Lipinski definition) is 3. The van der Waals surface area contributed by atoms with Crippen molar-refractivity contribution in [2.45, 2.75) is 38.8 Å². The van der Waals surface area contributed by atoms with E-state index in [0.717, 1.165) is 37.4 Å². The van der Waals surface area contributed by atoms with Crippen LogP contribution in [-0.2, 0) is 6.54 Å². The van der Waals surface area contributed by atoms with Crippen molar-refractivity contribution in [2.24, 2.45) is 5.92 Å². The third kappa shape index (κ3) is 3.97. The zero-order chi connectivity index (χ0) is 13.8. The summed E-state index contributed by atoms with van der Waals surface area (Å²) in [5.41, 5.74) is 1.29. The first-order valence-electron chi connectivity index (χ1n) is 7.97. The fraction of sp³-hybridized carbons (Fsp3) is 0.647. The number of ether oxygens (including phenoxy) is 1. The average Bonchev–Trinajstić information content (AvgIpc) is 3.20. The number of nitrogens with one attached hydrogen (secondary N) is 1. The Hall–Kier alpha value is -1.06. The lowest BCUT2D eigenvalue weighted by Gasteiger charge is -2.17. The summed E-state index contributed by atoms with van der Waals surface area (Å²) in [6.07, 6.45) is 3.99. The highest BCUT2D eigenvalue weighted by molar-refractivity contribution is 5.33. The topological polar surface area (TPSA) is 24.5 Å². The molecule has 20 heavy (non-hydrogen) atoms. The zero-order valence-electron chi connectivity index (χ0n) is 12.5. The standard InChI is InChI=1S/C17H26N2O/c1-14-8-9-19(13-14)10-11-20-17-5-3-2-4-15(17)12-18-16-6-7-16/h2-5,14,16,18H,6-13H2,1H3. The molecule has 1 aromatic rings. The maximum atomic E-state index is 6.01. The summed E-state index contributed by atoms with van der Waals surface area (Å²) in [7, 11) is 0. The monoisotopic (exact) mass is 274 g/mol. The Morgan fingerprint density at radius 2 is 2.10 bits per heavy atom. The molecule has 1 aromatic carbocycles. The highest BCUT2D eigenvalue weighted by Gasteiger charge is 2.21. The molecule has 1 heterocycles. The summed E-state index contributed by atoms with van der Waals surface area (Å²) in [5, 5.41) is 3.56. The molecule has 3 heteroatoms. The van der Waals surface area contributed by atoms with Gasteiger partial charge in [-0.25, -0.2) is 0 Å². The molecule has 3 rings (SSSR count). The first-order chi connectivity index (χ1) is 9.81. The number of benzene rings is 1. The van der Waals surface area contributed by atoms with Crippen molar-refractivity contribution in [1.29, 1.82) is 0 Å². The van der Waals surface area contributed by atoms with Gasteiger partial charge in [0.2, 0.25) is 0 Å². The molecule has 0 amide bonds. The van der Waals surface area contributed by atoms with Gasteiger partial charge in [-0.05, 0) is 37.8 Å².